The fourth-order valence-electron chi connectivity index (χ4n) is 1.17. The average molecular weight is 288 g/mol. The molecule has 98 valence electrons. The zero-order chi connectivity index (χ0) is 13.8. The van der Waals surface area contributed by atoms with Gasteiger partial charge in [-0.1, -0.05) is 24.4 Å². The van der Waals surface area contributed by atoms with Crippen molar-refractivity contribution >= 4 is 38.9 Å². The molecule has 1 aromatic rings. The van der Waals surface area contributed by atoms with Crippen LogP contribution in [0.1, 0.15) is 5.56 Å². The molecule has 0 fully saturated rings. The molecular weight excluding hydrogens is 276 g/mol. The summed E-state index contributed by atoms with van der Waals surface area (Å²) < 4.78 is 29.7. The van der Waals surface area contributed by atoms with E-state index in [1.807, 2.05) is 0 Å². The van der Waals surface area contributed by atoms with Gasteiger partial charge in [-0.3, -0.25) is 9.52 Å². The van der Waals surface area contributed by atoms with Gasteiger partial charge in [-0.25, -0.2) is 8.42 Å². The minimum absolute atomic E-state index is 0.156. The van der Waals surface area contributed by atoms with Crippen LogP contribution < -0.4 is 10.5 Å². The van der Waals surface area contributed by atoms with Crippen LogP contribution in [0.3, 0.4) is 0 Å². The van der Waals surface area contributed by atoms with Crippen LogP contribution >= 0.6 is 12.2 Å². The van der Waals surface area contributed by atoms with Gasteiger partial charge in [0.2, 0.25) is 10.0 Å². The molecule has 0 unspecified atom stereocenters. The van der Waals surface area contributed by atoms with Crippen molar-refractivity contribution in [3.05, 3.63) is 29.8 Å². The Balaban J connectivity index is 2.87. The monoisotopic (exact) mass is 288 g/mol. The first-order chi connectivity index (χ1) is 8.34. The van der Waals surface area contributed by atoms with E-state index in [2.05, 4.69) is 9.46 Å². The molecule has 0 aliphatic carbocycles. The largest absolute Gasteiger partial charge is 0.468 e. The summed E-state index contributed by atoms with van der Waals surface area (Å²) in [6.07, 6.45) is 0. The number of sulfonamides is 1. The molecule has 0 amide bonds. The summed E-state index contributed by atoms with van der Waals surface area (Å²) in [4.78, 5) is 11.1. The van der Waals surface area contributed by atoms with Gasteiger partial charge in [0.1, 0.15) is 4.99 Å². The minimum Gasteiger partial charge on any atom is -0.468 e. The van der Waals surface area contributed by atoms with E-state index in [9.17, 15) is 13.2 Å². The van der Waals surface area contributed by atoms with Crippen LogP contribution in [0.2, 0.25) is 0 Å². The van der Waals surface area contributed by atoms with Crippen LogP contribution in [0.4, 0.5) is 5.69 Å². The molecule has 3 N–H and O–H groups in total. The molecule has 0 aliphatic rings. The van der Waals surface area contributed by atoms with Gasteiger partial charge >= 0.3 is 5.97 Å². The quantitative estimate of drug-likeness (QED) is 0.594. The van der Waals surface area contributed by atoms with Crippen LogP contribution in [-0.2, 0) is 19.6 Å². The highest BCUT2D eigenvalue weighted by atomic mass is 32.2. The number of nitrogens with one attached hydrogen (secondary N) is 1. The Morgan fingerprint density at radius 3 is 2.72 bits per heavy atom. The fourth-order valence-corrected chi connectivity index (χ4v) is 2.28. The summed E-state index contributed by atoms with van der Waals surface area (Å²) in [6, 6.07) is 6.26. The van der Waals surface area contributed by atoms with E-state index in [1.54, 1.807) is 12.1 Å². The molecule has 0 atom stereocenters. The molecule has 0 saturated carbocycles. The number of hydrogen-bond donors (Lipinski definition) is 2. The van der Waals surface area contributed by atoms with Crippen molar-refractivity contribution in [1.29, 1.82) is 0 Å². The summed E-state index contributed by atoms with van der Waals surface area (Å²) >= 11 is 4.78. The number of anilines is 1. The summed E-state index contributed by atoms with van der Waals surface area (Å²) in [5.41, 5.74) is 6.24. The number of nitrogens with two attached hydrogens (primary N) is 1. The Bertz CT molecular complexity index is 569. The van der Waals surface area contributed by atoms with Crippen molar-refractivity contribution in [3.8, 4) is 0 Å². The topological polar surface area (TPSA) is 98.5 Å². The van der Waals surface area contributed by atoms with E-state index in [-0.39, 0.29) is 10.7 Å². The fraction of sp³-hybridized carbons (Fsp3) is 0.200. The number of carbonyl (C=O) groups excluding carboxylic acids is 1. The predicted molar refractivity (Wildman–Crippen MR) is 71.8 cm³/mol. The van der Waals surface area contributed by atoms with Crippen LogP contribution in [0.25, 0.3) is 0 Å². The maximum absolute atomic E-state index is 11.6. The van der Waals surface area contributed by atoms with Gasteiger partial charge in [-0.15, -0.1) is 0 Å². The Labute approximate surface area is 110 Å². The third-order valence-electron chi connectivity index (χ3n) is 1.96. The molecule has 0 radical (unpaired) electrons. The van der Waals surface area contributed by atoms with Gasteiger partial charge < -0.3 is 10.5 Å². The molecule has 1 rings (SSSR count). The zero-order valence-corrected chi connectivity index (χ0v) is 11.2. The Hall–Kier alpha value is -1.67. The Morgan fingerprint density at radius 1 is 1.50 bits per heavy atom. The van der Waals surface area contributed by atoms with E-state index in [0.717, 1.165) is 7.11 Å². The van der Waals surface area contributed by atoms with Gasteiger partial charge in [0.05, 0.1) is 7.11 Å². The summed E-state index contributed by atoms with van der Waals surface area (Å²) in [6.45, 7) is 0. The van der Waals surface area contributed by atoms with Crippen LogP contribution in [0, 0.1) is 0 Å². The first kappa shape index (κ1) is 14.4. The molecule has 0 aromatic heterocycles. The SMILES string of the molecule is COC(=O)CS(=O)(=O)Nc1cccc(C(N)=S)c1. The average Bonchev–Trinajstić information content (AvgIpc) is 2.27. The molecule has 0 spiro atoms. The highest BCUT2D eigenvalue weighted by molar-refractivity contribution is 7.93. The molecule has 0 bridgehead atoms. The van der Waals surface area contributed by atoms with Crippen molar-refractivity contribution in [2.75, 3.05) is 17.6 Å². The number of benzene rings is 1. The molecule has 0 saturated heterocycles. The van der Waals surface area contributed by atoms with Crippen LogP contribution in [0.5, 0.6) is 0 Å². The predicted octanol–water partition coefficient (Wildman–Crippen LogP) is 0.235. The number of thiocarbonyl (C=S) groups is 1. The van der Waals surface area contributed by atoms with Crippen molar-refractivity contribution in [2.24, 2.45) is 5.73 Å². The number of carbonyl (C=O) groups is 1. The standard InChI is InChI=1S/C10H12N2O4S2/c1-16-9(13)6-18(14,15)12-8-4-2-3-7(5-8)10(11)17/h2-5,12H,6H2,1H3,(H2,11,17). The first-order valence-corrected chi connectivity index (χ1v) is 6.87. The first-order valence-electron chi connectivity index (χ1n) is 4.81. The Morgan fingerprint density at radius 2 is 2.17 bits per heavy atom. The van der Waals surface area contributed by atoms with E-state index in [1.165, 1.54) is 12.1 Å². The molecule has 1 aromatic carbocycles. The second kappa shape index (κ2) is 5.78. The lowest BCUT2D eigenvalue weighted by Gasteiger charge is -2.08. The van der Waals surface area contributed by atoms with Crippen LogP contribution in [-0.4, -0.2) is 32.2 Å². The lowest BCUT2D eigenvalue weighted by molar-refractivity contribution is -0.137. The highest BCUT2D eigenvalue weighted by Crippen LogP contribution is 2.12. The second-order valence-corrected chi connectivity index (χ2v) is 5.54. The number of methoxy groups -OCH3 is 1. The Kier molecular flexibility index (Phi) is 4.62. The zero-order valence-electron chi connectivity index (χ0n) is 9.54. The molecule has 6 nitrogen and oxygen atoms in total. The van der Waals surface area contributed by atoms with E-state index < -0.39 is 21.7 Å². The molecule has 0 aliphatic heterocycles. The molecule has 0 heterocycles. The summed E-state index contributed by atoms with van der Waals surface area (Å²) in [5.74, 6) is -1.59. The van der Waals surface area contributed by atoms with Gasteiger partial charge in [-0.2, -0.15) is 0 Å². The second-order valence-electron chi connectivity index (χ2n) is 3.38. The maximum atomic E-state index is 11.6. The molecular formula is C10H12N2O4S2. The summed E-state index contributed by atoms with van der Waals surface area (Å²) in [7, 11) is -2.68. The normalized spacial score (nSPS) is 10.7. The van der Waals surface area contributed by atoms with E-state index in [0.29, 0.717) is 5.56 Å². The van der Waals surface area contributed by atoms with Crippen molar-refractivity contribution < 1.29 is 17.9 Å². The smallest absolute Gasteiger partial charge is 0.322 e. The molecule has 18 heavy (non-hydrogen) atoms. The van der Waals surface area contributed by atoms with Crippen molar-refractivity contribution in [2.45, 2.75) is 0 Å². The van der Waals surface area contributed by atoms with Crippen molar-refractivity contribution in [1.82, 2.24) is 0 Å². The number of hydrogen-bond acceptors (Lipinski definition) is 5. The van der Waals surface area contributed by atoms with Gasteiger partial charge in [0.25, 0.3) is 0 Å². The van der Waals surface area contributed by atoms with Crippen molar-refractivity contribution in [3.63, 3.8) is 0 Å². The van der Waals surface area contributed by atoms with Gasteiger partial charge in [0, 0.05) is 11.3 Å². The number of esters is 1. The maximum Gasteiger partial charge on any atom is 0.322 e. The van der Waals surface area contributed by atoms with E-state index in [4.69, 9.17) is 18.0 Å². The lowest BCUT2D eigenvalue weighted by atomic mass is 10.2. The van der Waals surface area contributed by atoms with E-state index >= 15 is 0 Å². The molecule has 8 heteroatoms. The highest BCUT2D eigenvalue weighted by Gasteiger charge is 2.16. The third-order valence-corrected chi connectivity index (χ3v) is 3.35. The number of ether oxygens (including phenoxy) is 1. The third kappa shape index (κ3) is 4.30. The van der Waals surface area contributed by atoms with Crippen LogP contribution in [0.15, 0.2) is 24.3 Å². The lowest BCUT2D eigenvalue weighted by Crippen LogP contribution is -2.23. The summed E-state index contributed by atoms with van der Waals surface area (Å²) in [5, 5.41) is 0. The van der Waals surface area contributed by atoms with Gasteiger partial charge in [-0.05, 0) is 12.1 Å². The minimum atomic E-state index is -3.80. The van der Waals surface area contributed by atoms with Gasteiger partial charge in [0.15, 0.2) is 5.75 Å². The number of rotatable bonds is 5.